The van der Waals surface area contributed by atoms with E-state index >= 15 is 0 Å². The van der Waals surface area contributed by atoms with Gasteiger partial charge in [0, 0.05) is 19.4 Å². The Kier molecular flexibility index (Phi) is 4.93. The van der Waals surface area contributed by atoms with Crippen LogP contribution in [0.3, 0.4) is 0 Å². The Morgan fingerprint density at radius 3 is 2.12 bits per heavy atom. The fraction of sp³-hybridized carbons (Fsp3) is 0.267. The van der Waals surface area contributed by atoms with Gasteiger partial charge >= 0.3 is 18.0 Å². The molecule has 2 aromatic rings. The zero-order valence-electron chi connectivity index (χ0n) is 12.9. The van der Waals surface area contributed by atoms with E-state index in [4.69, 9.17) is 0 Å². The SMILES string of the molecule is CN(C(=O)c1ccc(C(F)(F)C(F)(F)C(F)(F)F)nc1)c1cccnc1. The largest absolute Gasteiger partial charge is 0.460 e. The van der Waals surface area contributed by atoms with Crippen molar-refractivity contribution >= 4 is 11.6 Å². The summed E-state index contributed by atoms with van der Waals surface area (Å²) in [6.07, 6.45) is -3.18. The first-order chi connectivity index (χ1) is 11.9. The molecular weight excluding hydrogens is 371 g/mol. The van der Waals surface area contributed by atoms with Gasteiger partial charge in [-0.05, 0) is 24.3 Å². The standard InChI is InChI=1S/C15H10F7N3O/c1-25(10-3-2-6-23-8-10)12(26)9-4-5-11(24-7-9)13(16,17)14(18,19)15(20,21)22/h2-8H,1H3. The van der Waals surface area contributed by atoms with Crippen molar-refractivity contribution in [2.75, 3.05) is 11.9 Å². The van der Waals surface area contributed by atoms with Gasteiger partial charge in [-0.25, -0.2) is 0 Å². The van der Waals surface area contributed by atoms with Crippen LogP contribution in [0.1, 0.15) is 16.1 Å². The highest BCUT2D eigenvalue weighted by Gasteiger charge is 2.74. The zero-order chi connectivity index (χ0) is 19.8. The summed E-state index contributed by atoms with van der Waals surface area (Å²) in [6, 6.07) is 3.99. The van der Waals surface area contributed by atoms with Crippen molar-refractivity contribution in [1.82, 2.24) is 9.97 Å². The van der Waals surface area contributed by atoms with E-state index in [-0.39, 0.29) is 11.6 Å². The summed E-state index contributed by atoms with van der Waals surface area (Å²) in [5.74, 6) is -12.7. The number of carbonyl (C=O) groups excluding carboxylic acids is 1. The minimum atomic E-state index is -6.47. The summed E-state index contributed by atoms with van der Waals surface area (Å²) in [7, 11) is 1.33. The first-order valence-corrected chi connectivity index (χ1v) is 6.86. The normalized spacial score (nSPS) is 12.8. The van der Waals surface area contributed by atoms with Gasteiger partial charge in [0.15, 0.2) is 0 Å². The lowest BCUT2D eigenvalue weighted by Crippen LogP contribution is -2.50. The Morgan fingerprint density at radius 2 is 1.65 bits per heavy atom. The highest BCUT2D eigenvalue weighted by atomic mass is 19.4. The van der Waals surface area contributed by atoms with Gasteiger partial charge in [0.2, 0.25) is 0 Å². The predicted molar refractivity (Wildman–Crippen MR) is 76.1 cm³/mol. The van der Waals surface area contributed by atoms with Crippen molar-refractivity contribution in [2.45, 2.75) is 18.0 Å². The minimum Gasteiger partial charge on any atom is -0.310 e. The fourth-order valence-corrected chi connectivity index (χ4v) is 1.91. The molecule has 0 unspecified atom stereocenters. The molecule has 0 radical (unpaired) electrons. The van der Waals surface area contributed by atoms with Crippen LogP contribution in [0, 0.1) is 0 Å². The van der Waals surface area contributed by atoms with E-state index in [1.807, 2.05) is 0 Å². The smallest absolute Gasteiger partial charge is 0.310 e. The molecule has 2 heterocycles. The summed E-state index contributed by atoms with van der Waals surface area (Å²) < 4.78 is 89.7. The van der Waals surface area contributed by atoms with Crippen LogP contribution in [0.15, 0.2) is 42.9 Å². The van der Waals surface area contributed by atoms with Crippen LogP contribution in [0.25, 0.3) is 0 Å². The average Bonchev–Trinajstić information content (AvgIpc) is 2.60. The Morgan fingerprint density at radius 1 is 1.00 bits per heavy atom. The maximum absolute atomic E-state index is 13.5. The van der Waals surface area contributed by atoms with E-state index < -0.39 is 29.6 Å². The maximum Gasteiger partial charge on any atom is 0.460 e. The predicted octanol–water partition coefficient (Wildman–Crippen LogP) is 4.04. The van der Waals surface area contributed by atoms with Crippen molar-refractivity contribution in [1.29, 1.82) is 0 Å². The van der Waals surface area contributed by atoms with Crippen LogP contribution >= 0.6 is 0 Å². The van der Waals surface area contributed by atoms with Crippen LogP contribution in [0.2, 0.25) is 0 Å². The van der Waals surface area contributed by atoms with Gasteiger partial charge in [-0.3, -0.25) is 14.8 Å². The molecule has 4 nitrogen and oxygen atoms in total. The Labute approximate surface area is 142 Å². The van der Waals surface area contributed by atoms with Gasteiger partial charge < -0.3 is 4.90 Å². The molecule has 0 spiro atoms. The van der Waals surface area contributed by atoms with E-state index in [1.54, 1.807) is 0 Å². The molecule has 0 aliphatic rings. The lowest BCUT2D eigenvalue weighted by atomic mass is 10.1. The van der Waals surface area contributed by atoms with Crippen LogP contribution in [-0.2, 0) is 5.92 Å². The van der Waals surface area contributed by atoms with Gasteiger partial charge in [0.25, 0.3) is 5.91 Å². The van der Waals surface area contributed by atoms with E-state index in [2.05, 4.69) is 9.97 Å². The second kappa shape index (κ2) is 6.54. The molecule has 2 aromatic heterocycles. The number of anilines is 1. The molecule has 0 aliphatic heterocycles. The molecule has 0 aliphatic carbocycles. The number of aromatic nitrogens is 2. The van der Waals surface area contributed by atoms with Gasteiger partial charge in [-0.2, -0.15) is 30.7 Å². The Hall–Kier alpha value is -2.72. The number of hydrogen-bond acceptors (Lipinski definition) is 3. The Bertz CT molecular complexity index is 776. The highest BCUT2D eigenvalue weighted by Crippen LogP contribution is 2.51. The first-order valence-electron chi connectivity index (χ1n) is 6.86. The molecule has 26 heavy (non-hydrogen) atoms. The molecule has 0 saturated heterocycles. The van der Waals surface area contributed by atoms with Crippen molar-refractivity contribution in [3.63, 3.8) is 0 Å². The van der Waals surface area contributed by atoms with E-state index in [9.17, 15) is 35.5 Å². The number of carbonyl (C=O) groups is 1. The monoisotopic (exact) mass is 381 g/mol. The van der Waals surface area contributed by atoms with E-state index in [0.717, 1.165) is 4.90 Å². The average molecular weight is 381 g/mol. The molecule has 0 atom stereocenters. The maximum atomic E-state index is 13.5. The summed E-state index contributed by atoms with van der Waals surface area (Å²) >= 11 is 0. The van der Waals surface area contributed by atoms with Crippen molar-refractivity contribution in [2.24, 2.45) is 0 Å². The lowest BCUT2D eigenvalue weighted by molar-refractivity contribution is -0.360. The summed E-state index contributed by atoms with van der Waals surface area (Å²) in [5.41, 5.74) is -1.75. The second-order valence-electron chi connectivity index (χ2n) is 5.15. The topological polar surface area (TPSA) is 46.1 Å². The molecule has 2 rings (SSSR count). The van der Waals surface area contributed by atoms with Crippen molar-refractivity contribution < 1.29 is 35.5 Å². The Balaban J connectivity index is 2.29. The molecule has 0 N–H and O–H groups in total. The van der Waals surface area contributed by atoms with Crippen LogP contribution in [0.5, 0.6) is 0 Å². The first kappa shape index (κ1) is 19.6. The lowest BCUT2D eigenvalue weighted by Gasteiger charge is -2.27. The van der Waals surface area contributed by atoms with Crippen molar-refractivity contribution in [3.05, 3.63) is 54.1 Å². The van der Waals surface area contributed by atoms with Gasteiger partial charge in [-0.15, -0.1) is 0 Å². The number of hydrogen-bond donors (Lipinski definition) is 0. The second-order valence-corrected chi connectivity index (χ2v) is 5.15. The van der Waals surface area contributed by atoms with Crippen LogP contribution in [0.4, 0.5) is 36.4 Å². The zero-order valence-corrected chi connectivity index (χ0v) is 12.9. The van der Waals surface area contributed by atoms with Crippen molar-refractivity contribution in [3.8, 4) is 0 Å². The molecular formula is C15H10F7N3O. The minimum absolute atomic E-state index is 0.254. The van der Waals surface area contributed by atoms with Crippen LogP contribution < -0.4 is 4.90 Å². The fourth-order valence-electron chi connectivity index (χ4n) is 1.91. The quantitative estimate of drug-likeness (QED) is 0.751. The van der Waals surface area contributed by atoms with Crippen LogP contribution in [-0.4, -0.2) is 35.0 Å². The highest BCUT2D eigenvalue weighted by molar-refractivity contribution is 6.05. The molecule has 0 bridgehead atoms. The van der Waals surface area contributed by atoms with E-state index in [0.29, 0.717) is 18.0 Å². The van der Waals surface area contributed by atoms with Gasteiger partial charge in [0.05, 0.1) is 17.4 Å². The number of amides is 1. The molecule has 0 aromatic carbocycles. The molecule has 140 valence electrons. The molecule has 0 fully saturated rings. The molecule has 11 heteroatoms. The third-order valence-electron chi connectivity index (χ3n) is 3.42. The number of halogens is 7. The third kappa shape index (κ3) is 3.33. The summed E-state index contributed by atoms with van der Waals surface area (Å²) in [4.78, 5) is 20.0. The number of alkyl halides is 7. The number of nitrogens with zero attached hydrogens (tertiary/aromatic N) is 3. The molecule has 0 saturated carbocycles. The third-order valence-corrected chi connectivity index (χ3v) is 3.42. The number of pyridine rings is 2. The molecule has 1 amide bonds. The summed E-state index contributed by atoms with van der Waals surface area (Å²) in [5, 5.41) is 0. The van der Waals surface area contributed by atoms with Gasteiger partial charge in [-0.1, -0.05) is 0 Å². The van der Waals surface area contributed by atoms with E-state index in [1.165, 1.54) is 31.6 Å². The summed E-state index contributed by atoms with van der Waals surface area (Å²) in [6.45, 7) is 0. The number of rotatable bonds is 4. The van der Waals surface area contributed by atoms with Gasteiger partial charge in [0.1, 0.15) is 5.69 Å².